The lowest BCUT2D eigenvalue weighted by Gasteiger charge is -2.25. The van der Waals surface area contributed by atoms with Crippen molar-refractivity contribution in [2.75, 3.05) is 25.0 Å². The Hall–Kier alpha value is -2.32. The second kappa shape index (κ2) is 5.98. The number of nitrogens with one attached hydrogen (secondary N) is 1. The maximum atomic E-state index is 12.2. The van der Waals surface area contributed by atoms with Gasteiger partial charge in [0.2, 0.25) is 11.7 Å². The van der Waals surface area contributed by atoms with Crippen molar-refractivity contribution in [3.05, 3.63) is 30.0 Å². The van der Waals surface area contributed by atoms with Crippen molar-refractivity contribution >= 4 is 22.6 Å². The average molecular weight is 283 g/mol. The number of rotatable bonds is 3. The lowest BCUT2D eigenvalue weighted by molar-refractivity contribution is -0.117. The van der Waals surface area contributed by atoms with E-state index in [1.807, 2.05) is 24.3 Å². The molecule has 1 aromatic carbocycles. The van der Waals surface area contributed by atoms with Crippen LogP contribution in [0.25, 0.3) is 11.0 Å². The van der Waals surface area contributed by atoms with Crippen LogP contribution in [0.4, 0.5) is 5.69 Å². The van der Waals surface area contributed by atoms with Crippen LogP contribution >= 0.6 is 0 Å². The molecule has 1 aliphatic rings. The number of nitriles is 1. The van der Waals surface area contributed by atoms with Gasteiger partial charge in [0.15, 0.2) is 0 Å². The number of para-hydroxylation sites is 1. The summed E-state index contributed by atoms with van der Waals surface area (Å²) in [5, 5.41) is 12.7. The van der Waals surface area contributed by atoms with Gasteiger partial charge in [-0.25, -0.2) is 0 Å². The number of carbonyl (C=O) groups excluding carboxylic acids is 1. The van der Waals surface area contributed by atoms with Gasteiger partial charge >= 0.3 is 0 Å². The van der Waals surface area contributed by atoms with Crippen LogP contribution < -0.4 is 5.32 Å². The summed E-state index contributed by atoms with van der Waals surface area (Å²) < 4.78 is 5.45. The molecule has 0 aliphatic carbocycles. The fourth-order valence-corrected chi connectivity index (χ4v) is 2.75. The Morgan fingerprint density at radius 3 is 2.81 bits per heavy atom. The van der Waals surface area contributed by atoms with Crippen LogP contribution in [0.15, 0.2) is 28.7 Å². The van der Waals surface area contributed by atoms with Crippen LogP contribution in [0.2, 0.25) is 0 Å². The van der Waals surface area contributed by atoms with Crippen molar-refractivity contribution in [3.63, 3.8) is 0 Å². The number of fused-ring (bicyclic) bond motifs is 1. The topological polar surface area (TPSA) is 69.3 Å². The third kappa shape index (κ3) is 2.91. The molecule has 2 aromatic rings. The number of likely N-dealkylation sites (tertiary alicyclic amines) is 1. The van der Waals surface area contributed by atoms with E-state index in [1.165, 1.54) is 6.42 Å². The third-order valence-electron chi connectivity index (χ3n) is 3.78. The molecular weight excluding hydrogens is 266 g/mol. The lowest BCUT2D eigenvalue weighted by atomic mass is 10.1. The number of furan rings is 1. The van der Waals surface area contributed by atoms with Crippen LogP contribution in [0.1, 0.15) is 25.0 Å². The molecule has 1 N–H and O–H groups in total. The van der Waals surface area contributed by atoms with Crippen LogP contribution in [0, 0.1) is 11.3 Å². The summed E-state index contributed by atoms with van der Waals surface area (Å²) in [5.74, 6) is 0.0585. The van der Waals surface area contributed by atoms with E-state index in [1.54, 1.807) is 6.07 Å². The zero-order valence-electron chi connectivity index (χ0n) is 11.8. The maximum absolute atomic E-state index is 12.2. The Morgan fingerprint density at radius 2 is 2.05 bits per heavy atom. The van der Waals surface area contributed by atoms with Crippen LogP contribution in [-0.4, -0.2) is 30.4 Å². The molecule has 0 spiro atoms. The molecule has 108 valence electrons. The summed E-state index contributed by atoms with van der Waals surface area (Å²) >= 11 is 0. The minimum absolute atomic E-state index is 0.0973. The van der Waals surface area contributed by atoms with E-state index in [0.717, 1.165) is 31.3 Å². The summed E-state index contributed by atoms with van der Waals surface area (Å²) in [4.78, 5) is 14.3. The van der Waals surface area contributed by atoms with Crippen molar-refractivity contribution in [2.24, 2.45) is 0 Å². The van der Waals surface area contributed by atoms with Gasteiger partial charge in [0.25, 0.3) is 0 Å². The summed E-state index contributed by atoms with van der Waals surface area (Å²) in [6, 6.07) is 9.33. The molecule has 5 nitrogen and oxygen atoms in total. The average Bonchev–Trinajstić information content (AvgIpc) is 2.86. The zero-order valence-corrected chi connectivity index (χ0v) is 11.8. The predicted octanol–water partition coefficient (Wildman–Crippen LogP) is 2.73. The first-order valence-electron chi connectivity index (χ1n) is 7.22. The summed E-state index contributed by atoms with van der Waals surface area (Å²) in [5.41, 5.74) is 1.09. The van der Waals surface area contributed by atoms with Crippen LogP contribution in [-0.2, 0) is 4.79 Å². The standard InChI is InChI=1S/C16H17N3O2/c17-10-14-16(12-6-2-3-7-13(12)21-14)18-15(20)11-19-8-4-1-5-9-19/h2-3,6-7H,1,4-5,8-9,11H2,(H,18,20). The molecular formula is C16H17N3O2. The highest BCUT2D eigenvalue weighted by Crippen LogP contribution is 2.30. The van der Waals surface area contributed by atoms with E-state index in [4.69, 9.17) is 9.68 Å². The first-order chi connectivity index (χ1) is 10.3. The van der Waals surface area contributed by atoms with Gasteiger partial charge in [-0.2, -0.15) is 5.26 Å². The van der Waals surface area contributed by atoms with Gasteiger partial charge in [-0.1, -0.05) is 18.6 Å². The Bertz CT molecular complexity index is 693. The van der Waals surface area contributed by atoms with Crippen LogP contribution in [0.5, 0.6) is 0 Å². The fraction of sp³-hybridized carbons (Fsp3) is 0.375. The third-order valence-corrected chi connectivity index (χ3v) is 3.78. The minimum Gasteiger partial charge on any atom is -0.443 e. The highest BCUT2D eigenvalue weighted by atomic mass is 16.3. The number of amides is 1. The van der Waals surface area contributed by atoms with E-state index in [0.29, 0.717) is 17.8 Å². The highest BCUT2D eigenvalue weighted by Gasteiger charge is 2.18. The quantitative estimate of drug-likeness (QED) is 0.940. The van der Waals surface area contributed by atoms with E-state index in [9.17, 15) is 4.79 Å². The van der Waals surface area contributed by atoms with Crippen molar-refractivity contribution in [2.45, 2.75) is 19.3 Å². The number of hydrogen-bond donors (Lipinski definition) is 1. The van der Waals surface area contributed by atoms with Gasteiger partial charge in [0.05, 0.1) is 6.54 Å². The van der Waals surface area contributed by atoms with E-state index in [2.05, 4.69) is 10.2 Å². The Morgan fingerprint density at radius 1 is 1.29 bits per heavy atom. The molecule has 0 bridgehead atoms. The van der Waals surface area contributed by atoms with Gasteiger partial charge in [-0.05, 0) is 38.1 Å². The number of benzene rings is 1. The largest absolute Gasteiger partial charge is 0.443 e. The minimum atomic E-state index is -0.0973. The molecule has 3 rings (SSSR count). The molecule has 2 heterocycles. The van der Waals surface area contributed by atoms with E-state index in [-0.39, 0.29) is 11.7 Å². The number of carbonyl (C=O) groups is 1. The van der Waals surface area contributed by atoms with Gasteiger partial charge < -0.3 is 9.73 Å². The van der Waals surface area contributed by atoms with Gasteiger partial charge in [0.1, 0.15) is 17.3 Å². The maximum Gasteiger partial charge on any atom is 0.238 e. The zero-order chi connectivity index (χ0) is 14.7. The summed E-state index contributed by atoms with van der Waals surface area (Å²) in [7, 11) is 0. The lowest BCUT2D eigenvalue weighted by Crippen LogP contribution is -2.36. The molecule has 1 aromatic heterocycles. The number of hydrogen-bond acceptors (Lipinski definition) is 4. The number of piperidine rings is 1. The monoisotopic (exact) mass is 283 g/mol. The normalized spacial score (nSPS) is 15.8. The Kier molecular flexibility index (Phi) is 3.89. The number of anilines is 1. The first kappa shape index (κ1) is 13.7. The molecule has 0 unspecified atom stereocenters. The van der Waals surface area contributed by atoms with Crippen molar-refractivity contribution < 1.29 is 9.21 Å². The Balaban J connectivity index is 1.77. The molecule has 1 fully saturated rings. The van der Waals surface area contributed by atoms with E-state index < -0.39 is 0 Å². The molecule has 0 atom stereocenters. The second-order valence-electron chi connectivity index (χ2n) is 5.30. The van der Waals surface area contributed by atoms with Gasteiger partial charge in [0, 0.05) is 5.39 Å². The van der Waals surface area contributed by atoms with Crippen molar-refractivity contribution in [3.8, 4) is 6.07 Å². The fourth-order valence-electron chi connectivity index (χ4n) is 2.75. The summed E-state index contributed by atoms with van der Waals surface area (Å²) in [6.45, 7) is 2.29. The Labute approximate surface area is 123 Å². The highest BCUT2D eigenvalue weighted by molar-refractivity contribution is 6.03. The van der Waals surface area contributed by atoms with Crippen molar-refractivity contribution in [1.82, 2.24) is 4.90 Å². The van der Waals surface area contributed by atoms with E-state index >= 15 is 0 Å². The molecule has 5 heteroatoms. The smallest absolute Gasteiger partial charge is 0.238 e. The second-order valence-corrected chi connectivity index (χ2v) is 5.30. The van der Waals surface area contributed by atoms with Crippen LogP contribution in [0.3, 0.4) is 0 Å². The molecule has 1 saturated heterocycles. The predicted molar refractivity (Wildman–Crippen MR) is 79.8 cm³/mol. The molecule has 0 saturated carbocycles. The molecule has 1 amide bonds. The number of nitrogens with zero attached hydrogens (tertiary/aromatic N) is 2. The molecule has 0 radical (unpaired) electrons. The summed E-state index contributed by atoms with van der Waals surface area (Å²) in [6.07, 6.45) is 3.53. The molecule has 21 heavy (non-hydrogen) atoms. The van der Waals surface area contributed by atoms with Gasteiger partial charge in [-0.3, -0.25) is 9.69 Å². The first-order valence-corrected chi connectivity index (χ1v) is 7.22. The molecule has 1 aliphatic heterocycles. The SMILES string of the molecule is N#Cc1oc2ccccc2c1NC(=O)CN1CCCCC1. The van der Waals surface area contributed by atoms with Gasteiger partial charge in [-0.15, -0.1) is 0 Å². The van der Waals surface area contributed by atoms with Crippen molar-refractivity contribution in [1.29, 1.82) is 5.26 Å².